The van der Waals surface area contributed by atoms with E-state index in [2.05, 4.69) is 26.8 Å². The van der Waals surface area contributed by atoms with Crippen molar-refractivity contribution in [3.05, 3.63) is 71.9 Å². The summed E-state index contributed by atoms with van der Waals surface area (Å²) in [4.78, 5) is 29.7. The predicted octanol–water partition coefficient (Wildman–Crippen LogP) is 3.06. The molecule has 7 nitrogen and oxygen atoms in total. The first-order chi connectivity index (χ1) is 16.2. The number of piperazine rings is 1. The summed E-state index contributed by atoms with van der Waals surface area (Å²) in [5.74, 6) is 1.58. The second-order valence-electron chi connectivity index (χ2n) is 8.82. The lowest BCUT2D eigenvalue weighted by Gasteiger charge is -2.36. The molecule has 0 saturated carbocycles. The van der Waals surface area contributed by atoms with E-state index in [4.69, 9.17) is 4.74 Å². The van der Waals surface area contributed by atoms with Crippen molar-refractivity contribution >= 4 is 23.1 Å². The zero-order valence-electron chi connectivity index (χ0n) is 18.8. The molecular weight excluding hydrogens is 416 g/mol. The van der Waals surface area contributed by atoms with Crippen LogP contribution in [0.2, 0.25) is 0 Å². The molecule has 5 rings (SSSR count). The maximum Gasteiger partial charge on any atom is 0.253 e. The summed E-state index contributed by atoms with van der Waals surface area (Å²) in [5.41, 5.74) is 2.44. The fourth-order valence-electron chi connectivity index (χ4n) is 4.67. The highest BCUT2D eigenvalue weighted by Crippen LogP contribution is 2.22. The molecule has 0 aliphatic carbocycles. The minimum Gasteiger partial charge on any atom is -0.381 e. The number of hydrogen-bond donors (Lipinski definition) is 1. The number of carbonyl (C=O) groups excluding carboxylic acids is 2. The van der Waals surface area contributed by atoms with E-state index in [1.54, 1.807) is 0 Å². The van der Waals surface area contributed by atoms with Crippen LogP contribution in [0.5, 0.6) is 0 Å². The summed E-state index contributed by atoms with van der Waals surface area (Å²) >= 11 is 0. The van der Waals surface area contributed by atoms with Gasteiger partial charge in [-0.15, -0.1) is 0 Å². The van der Waals surface area contributed by atoms with Crippen molar-refractivity contribution in [1.82, 2.24) is 14.6 Å². The Balaban J connectivity index is 1.24. The SMILES string of the molecule is O=C(NCC1CCOCC1)c1ccc2ccc(N3CCN(C(=O)c4ccccc4)CC3)n2c1. The number of hydrogen-bond acceptors (Lipinski definition) is 4. The zero-order valence-corrected chi connectivity index (χ0v) is 18.8. The maximum absolute atomic E-state index is 12.8. The van der Waals surface area contributed by atoms with Gasteiger partial charge in [-0.2, -0.15) is 0 Å². The molecule has 2 aliphatic heterocycles. The van der Waals surface area contributed by atoms with Crippen LogP contribution in [-0.4, -0.2) is 67.1 Å². The highest BCUT2D eigenvalue weighted by atomic mass is 16.5. The normalized spacial score (nSPS) is 17.3. The van der Waals surface area contributed by atoms with E-state index < -0.39 is 0 Å². The Kier molecular flexibility index (Phi) is 6.30. The van der Waals surface area contributed by atoms with Crippen LogP contribution in [0, 0.1) is 5.92 Å². The van der Waals surface area contributed by atoms with Gasteiger partial charge in [0.05, 0.1) is 5.56 Å². The topological polar surface area (TPSA) is 66.3 Å². The molecule has 2 saturated heterocycles. The predicted molar refractivity (Wildman–Crippen MR) is 128 cm³/mol. The average molecular weight is 447 g/mol. The standard InChI is InChI=1S/C26H30N4O3/c31-25(27-18-20-10-16-33-17-11-20)22-6-7-23-8-9-24(30(23)19-22)28-12-14-29(15-13-28)26(32)21-4-2-1-3-5-21/h1-9,19-20H,10-18H2,(H,27,31). The monoisotopic (exact) mass is 446 g/mol. The van der Waals surface area contributed by atoms with Crippen LogP contribution < -0.4 is 10.2 Å². The zero-order chi connectivity index (χ0) is 22.6. The van der Waals surface area contributed by atoms with Gasteiger partial charge in [-0.3, -0.25) is 9.59 Å². The molecular formula is C26H30N4O3. The summed E-state index contributed by atoms with van der Waals surface area (Å²) in [7, 11) is 0. The van der Waals surface area contributed by atoms with Crippen molar-refractivity contribution in [2.45, 2.75) is 12.8 Å². The molecule has 33 heavy (non-hydrogen) atoms. The molecule has 0 spiro atoms. The smallest absolute Gasteiger partial charge is 0.253 e. The van der Waals surface area contributed by atoms with Crippen molar-refractivity contribution in [2.24, 2.45) is 5.92 Å². The number of rotatable bonds is 5. The van der Waals surface area contributed by atoms with Gasteiger partial charge in [-0.25, -0.2) is 0 Å². The first-order valence-corrected chi connectivity index (χ1v) is 11.8. The molecule has 0 unspecified atom stereocenters. The van der Waals surface area contributed by atoms with Crippen LogP contribution in [0.3, 0.4) is 0 Å². The molecule has 1 aromatic carbocycles. The van der Waals surface area contributed by atoms with Gasteiger partial charge in [-0.1, -0.05) is 18.2 Å². The Morgan fingerprint density at radius 1 is 0.879 bits per heavy atom. The Hall–Kier alpha value is -3.32. The number of pyridine rings is 1. The van der Waals surface area contributed by atoms with Crippen molar-refractivity contribution in [3.8, 4) is 0 Å². The minimum atomic E-state index is -0.0404. The van der Waals surface area contributed by atoms with Crippen LogP contribution in [0.15, 0.2) is 60.8 Å². The number of nitrogens with zero attached hydrogens (tertiary/aromatic N) is 3. The second kappa shape index (κ2) is 9.67. The first-order valence-electron chi connectivity index (χ1n) is 11.8. The number of amides is 2. The Morgan fingerprint density at radius 2 is 1.61 bits per heavy atom. The number of carbonyl (C=O) groups is 2. The Bertz CT molecular complexity index is 1110. The molecule has 2 aliphatic rings. The molecule has 2 aromatic heterocycles. The van der Waals surface area contributed by atoms with Gasteiger partial charge in [0.2, 0.25) is 0 Å². The van der Waals surface area contributed by atoms with Crippen LogP contribution >= 0.6 is 0 Å². The van der Waals surface area contributed by atoms with E-state index in [0.29, 0.717) is 31.1 Å². The van der Waals surface area contributed by atoms with E-state index >= 15 is 0 Å². The summed E-state index contributed by atoms with van der Waals surface area (Å²) in [5, 5.41) is 3.09. The highest BCUT2D eigenvalue weighted by molar-refractivity contribution is 5.95. The molecule has 7 heteroatoms. The Labute approximate surface area is 193 Å². The van der Waals surface area contributed by atoms with Gasteiger partial charge in [-0.05, 0) is 55.2 Å². The first kappa shape index (κ1) is 21.5. The third-order valence-corrected chi connectivity index (χ3v) is 6.70. The highest BCUT2D eigenvalue weighted by Gasteiger charge is 2.24. The summed E-state index contributed by atoms with van der Waals surface area (Å²) < 4.78 is 7.48. The summed E-state index contributed by atoms with van der Waals surface area (Å²) in [6, 6.07) is 17.5. The number of anilines is 1. The molecule has 1 N–H and O–H groups in total. The van der Waals surface area contributed by atoms with Gasteiger partial charge in [0.1, 0.15) is 5.82 Å². The van der Waals surface area contributed by atoms with Crippen molar-refractivity contribution in [2.75, 3.05) is 50.8 Å². The lowest BCUT2D eigenvalue weighted by molar-refractivity contribution is 0.0642. The fourth-order valence-corrected chi connectivity index (χ4v) is 4.67. The molecule has 4 heterocycles. The van der Waals surface area contributed by atoms with Gasteiger partial charge in [0, 0.05) is 63.2 Å². The molecule has 172 valence electrons. The summed E-state index contributed by atoms with van der Waals surface area (Å²) in [6.07, 6.45) is 3.92. The largest absolute Gasteiger partial charge is 0.381 e. The van der Waals surface area contributed by atoms with E-state index in [0.717, 1.165) is 56.0 Å². The lowest BCUT2D eigenvalue weighted by Crippen LogP contribution is -2.49. The molecule has 2 amide bonds. The van der Waals surface area contributed by atoms with Gasteiger partial charge >= 0.3 is 0 Å². The van der Waals surface area contributed by atoms with Crippen molar-refractivity contribution < 1.29 is 14.3 Å². The second-order valence-corrected chi connectivity index (χ2v) is 8.82. The molecule has 0 bridgehead atoms. The number of nitrogens with one attached hydrogen (secondary N) is 1. The van der Waals surface area contributed by atoms with Crippen LogP contribution in [0.4, 0.5) is 5.82 Å². The van der Waals surface area contributed by atoms with Crippen LogP contribution in [-0.2, 0) is 4.74 Å². The van der Waals surface area contributed by atoms with Crippen LogP contribution in [0.25, 0.3) is 5.52 Å². The Morgan fingerprint density at radius 3 is 2.36 bits per heavy atom. The number of aromatic nitrogens is 1. The van der Waals surface area contributed by atoms with E-state index in [9.17, 15) is 9.59 Å². The van der Waals surface area contributed by atoms with E-state index in [1.807, 2.05) is 53.6 Å². The maximum atomic E-state index is 12.8. The molecule has 0 atom stereocenters. The minimum absolute atomic E-state index is 0.0404. The van der Waals surface area contributed by atoms with Crippen LogP contribution in [0.1, 0.15) is 33.6 Å². The third kappa shape index (κ3) is 4.73. The fraction of sp³-hybridized carbons (Fsp3) is 0.385. The number of fused-ring (bicyclic) bond motifs is 1. The van der Waals surface area contributed by atoms with Crippen molar-refractivity contribution in [3.63, 3.8) is 0 Å². The average Bonchev–Trinajstić information content (AvgIpc) is 3.31. The van der Waals surface area contributed by atoms with Gasteiger partial charge in [0.25, 0.3) is 11.8 Å². The molecule has 2 fully saturated rings. The number of benzene rings is 1. The van der Waals surface area contributed by atoms with Gasteiger partial charge in [0.15, 0.2) is 0 Å². The molecule has 3 aromatic rings. The molecule has 0 radical (unpaired) electrons. The van der Waals surface area contributed by atoms with Crippen molar-refractivity contribution in [1.29, 1.82) is 0 Å². The number of ether oxygens (including phenoxy) is 1. The third-order valence-electron chi connectivity index (χ3n) is 6.70. The van der Waals surface area contributed by atoms with E-state index in [-0.39, 0.29) is 11.8 Å². The quantitative estimate of drug-likeness (QED) is 0.654. The lowest BCUT2D eigenvalue weighted by atomic mass is 10.0. The van der Waals surface area contributed by atoms with Gasteiger partial charge < -0.3 is 24.3 Å². The van der Waals surface area contributed by atoms with E-state index in [1.165, 1.54) is 0 Å². The summed E-state index contributed by atoms with van der Waals surface area (Å²) in [6.45, 7) is 5.11.